The molecule has 0 spiro atoms. The average molecular weight is 409 g/mol. The van der Waals surface area contributed by atoms with Gasteiger partial charge in [0.25, 0.3) is 5.69 Å². The number of nitrogens with one attached hydrogen (secondary N) is 1. The average Bonchev–Trinajstić information content (AvgIpc) is 2.67. The second-order valence-electron chi connectivity index (χ2n) is 5.92. The van der Waals surface area contributed by atoms with E-state index >= 15 is 0 Å². The maximum atomic E-state index is 12.3. The van der Waals surface area contributed by atoms with Crippen LogP contribution in [0.2, 0.25) is 0 Å². The summed E-state index contributed by atoms with van der Waals surface area (Å²) in [6, 6.07) is 9.37. The number of amides is 1. The van der Waals surface area contributed by atoms with Crippen molar-refractivity contribution in [2.24, 2.45) is 5.11 Å². The molecule has 1 amide bonds. The Kier molecular flexibility index (Phi) is 6.75. The van der Waals surface area contributed by atoms with Gasteiger partial charge in [-0.1, -0.05) is 29.4 Å². The number of non-ortho nitro benzene ring substituents is 1. The Bertz CT molecular complexity index is 926. The van der Waals surface area contributed by atoms with Gasteiger partial charge in [0.15, 0.2) is 0 Å². The Morgan fingerprint density at radius 2 is 1.79 bits per heavy atom. The van der Waals surface area contributed by atoms with Gasteiger partial charge in [0, 0.05) is 22.7 Å². The number of hydrogen-bond donors (Lipinski definition) is 2. The van der Waals surface area contributed by atoms with Gasteiger partial charge >= 0.3 is 12.1 Å². The van der Waals surface area contributed by atoms with Gasteiger partial charge in [-0.15, -0.1) is 0 Å². The molecule has 12 heteroatoms. The van der Waals surface area contributed by atoms with Crippen LogP contribution < -0.4 is 5.32 Å². The molecule has 0 aliphatic rings. The molecule has 0 radical (unpaired) electrons. The van der Waals surface area contributed by atoms with Crippen LogP contribution in [-0.2, 0) is 11.2 Å². The third kappa shape index (κ3) is 5.92. The van der Waals surface area contributed by atoms with Crippen LogP contribution in [0.3, 0.4) is 0 Å². The summed E-state index contributed by atoms with van der Waals surface area (Å²) in [7, 11) is 0. The second kappa shape index (κ2) is 9.04. The van der Waals surface area contributed by atoms with E-state index in [1.807, 2.05) is 0 Å². The molecule has 0 fully saturated rings. The first-order chi connectivity index (χ1) is 13.6. The number of anilines is 1. The lowest BCUT2D eigenvalue weighted by Gasteiger charge is -2.19. The Morgan fingerprint density at radius 3 is 2.28 bits per heavy atom. The number of azide groups is 1. The third-order valence-electron chi connectivity index (χ3n) is 3.90. The number of carbonyl (C=O) groups is 1. The normalized spacial score (nSPS) is 13.1. The number of aliphatic hydroxyl groups is 1. The molecule has 2 atom stereocenters. The van der Waals surface area contributed by atoms with Crippen LogP contribution in [0.25, 0.3) is 10.4 Å². The number of nitro groups is 1. The van der Waals surface area contributed by atoms with Gasteiger partial charge in [0.1, 0.15) is 0 Å². The molecule has 0 aromatic heterocycles. The van der Waals surface area contributed by atoms with Gasteiger partial charge in [0.2, 0.25) is 0 Å². The summed E-state index contributed by atoms with van der Waals surface area (Å²) in [5.41, 5.74) is 9.36. The van der Waals surface area contributed by atoms with E-state index in [4.69, 9.17) is 5.53 Å². The lowest BCUT2D eigenvalue weighted by Crippen LogP contribution is -2.29. The lowest BCUT2D eigenvalue weighted by molar-refractivity contribution is -0.384. The van der Waals surface area contributed by atoms with E-state index in [1.165, 1.54) is 48.5 Å². The predicted octanol–water partition coefficient (Wildman–Crippen LogP) is 4.05. The molecule has 0 saturated heterocycles. The van der Waals surface area contributed by atoms with Crippen molar-refractivity contribution >= 4 is 17.3 Å². The Hall–Kier alpha value is -3.63. The van der Waals surface area contributed by atoms with E-state index in [2.05, 4.69) is 10.0 Å². The molecule has 0 saturated carbocycles. The third-order valence-corrected chi connectivity index (χ3v) is 3.90. The smallest absolute Gasteiger partial charge is 0.392 e. The van der Waals surface area contributed by atoms with Crippen LogP contribution in [0.1, 0.15) is 17.2 Å². The summed E-state index contributed by atoms with van der Waals surface area (Å²) in [5.74, 6) is -2.10. The summed E-state index contributed by atoms with van der Waals surface area (Å²) in [5, 5.41) is 26.4. The van der Waals surface area contributed by atoms with E-state index in [-0.39, 0.29) is 17.8 Å². The first kappa shape index (κ1) is 21.7. The van der Waals surface area contributed by atoms with Gasteiger partial charge in [-0.25, -0.2) is 0 Å². The molecular formula is C17H14F3N5O4. The minimum atomic E-state index is -5.01. The van der Waals surface area contributed by atoms with Crippen LogP contribution >= 0.6 is 0 Å². The highest BCUT2D eigenvalue weighted by Gasteiger charge is 2.38. The standard InChI is InChI=1S/C17H14F3N5O4/c18-17(19,20)16(27)22-12-5-1-10(2-6-12)9-14(26)15(23-24-21)11-3-7-13(8-4-11)25(28)29/h1-8,14-15,26H,9H2,(H,22,27). The van der Waals surface area contributed by atoms with Gasteiger partial charge in [-0.2, -0.15) is 13.2 Å². The highest BCUT2D eigenvalue weighted by atomic mass is 19.4. The number of benzene rings is 2. The number of nitro benzene ring substituents is 1. The molecule has 0 aliphatic carbocycles. The molecule has 152 valence electrons. The highest BCUT2D eigenvalue weighted by Crippen LogP contribution is 2.27. The second-order valence-corrected chi connectivity index (χ2v) is 5.92. The quantitative estimate of drug-likeness (QED) is 0.234. The number of halogens is 3. The van der Waals surface area contributed by atoms with Crippen LogP contribution in [0.4, 0.5) is 24.5 Å². The summed E-state index contributed by atoms with van der Waals surface area (Å²) < 4.78 is 36.8. The maximum absolute atomic E-state index is 12.3. The first-order valence-corrected chi connectivity index (χ1v) is 8.05. The van der Waals surface area contributed by atoms with Crippen LogP contribution in [0.5, 0.6) is 0 Å². The summed E-state index contributed by atoms with van der Waals surface area (Å²) in [6.07, 6.45) is -6.24. The molecule has 29 heavy (non-hydrogen) atoms. The SMILES string of the molecule is [N-]=[N+]=NC(c1ccc([N+](=O)[O-])cc1)C(O)Cc1ccc(NC(=O)C(F)(F)F)cc1. The summed E-state index contributed by atoms with van der Waals surface area (Å²) in [4.78, 5) is 23.7. The topological polar surface area (TPSA) is 141 Å². The molecule has 2 aromatic rings. The van der Waals surface area contributed by atoms with E-state index in [0.717, 1.165) is 0 Å². The molecule has 2 aromatic carbocycles. The fourth-order valence-electron chi connectivity index (χ4n) is 2.49. The van der Waals surface area contributed by atoms with Crippen molar-refractivity contribution in [1.82, 2.24) is 0 Å². The number of carbonyl (C=O) groups excluding carboxylic acids is 1. The van der Waals surface area contributed by atoms with Crippen LogP contribution in [-0.4, -0.2) is 28.2 Å². The minimum absolute atomic E-state index is 0.0197. The first-order valence-electron chi connectivity index (χ1n) is 8.05. The van der Waals surface area contributed by atoms with Crippen molar-refractivity contribution in [2.45, 2.75) is 24.7 Å². The molecular weight excluding hydrogens is 395 g/mol. The lowest BCUT2D eigenvalue weighted by atomic mass is 9.96. The molecule has 0 bridgehead atoms. The zero-order valence-electron chi connectivity index (χ0n) is 14.6. The van der Waals surface area contributed by atoms with Crippen molar-refractivity contribution in [2.75, 3.05) is 5.32 Å². The highest BCUT2D eigenvalue weighted by molar-refractivity contribution is 5.94. The maximum Gasteiger partial charge on any atom is 0.471 e. The van der Waals surface area contributed by atoms with Crippen molar-refractivity contribution in [3.05, 3.63) is 80.2 Å². The Morgan fingerprint density at radius 1 is 1.21 bits per heavy atom. The molecule has 2 unspecified atom stereocenters. The van der Waals surface area contributed by atoms with Crippen LogP contribution in [0, 0.1) is 10.1 Å². The predicted molar refractivity (Wildman–Crippen MR) is 95.8 cm³/mol. The number of alkyl halides is 3. The minimum Gasteiger partial charge on any atom is -0.392 e. The molecule has 2 N–H and O–H groups in total. The zero-order valence-corrected chi connectivity index (χ0v) is 14.6. The van der Waals surface area contributed by atoms with Crippen molar-refractivity contribution < 1.29 is 28.0 Å². The summed E-state index contributed by atoms with van der Waals surface area (Å²) in [6.45, 7) is 0. The van der Waals surface area contributed by atoms with E-state index in [1.54, 1.807) is 5.32 Å². The zero-order chi connectivity index (χ0) is 21.6. The number of nitrogens with zero attached hydrogens (tertiary/aromatic N) is 4. The molecule has 0 aliphatic heterocycles. The molecule has 9 nitrogen and oxygen atoms in total. The van der Waals surface area contributed by atoms with Gasteiger partial charge in [-0.05, 0) is 35.2 Å². The fraction of sp³-hybridized carbons (Fsp3) is 0.235. The Labute approximate surface area is 161 Å². The number of hydrogen-bond acceptors (Lipinski definition) is 5. The number of aliphatic hydroxyl groups excluding tert-OH is 1. The van der Waals surface area contributed by atoms with E-state index < -0.39 is 29.2 Å². The van der Waals surface area contributed by atoms with E-state index in [0.29, 0.717) is 11.1 Å². The molecule has 2 rings (SSSR count). The van der Waals surface area contributed by atoms with Crippen molar-refractivity contribution in [3.63, 3.8) is 0 Å². The Balaban J connectivity index is 2.11. The van der Waals surface area contributed by atoms with Crippen molar-refractivity contribution in [3.8, 4) is 0 Å². The van der Waals surface area contributed by atoms with Crippen molar-refractivity contribution in [1.29, 1.82) is 0 Å². The van der Waals surface area contributed by atoms with Gasteiger partial charge in [0.05, 0.1) is 17.1 Å². The van der Waals surface area contributed by atoms with Gasteiger partial charge in [-0.3, -0.25) is 14.9 Å². The largest absolute Gasteiger partial charge is 0.471 e. The molecule has 0 heterocycles. The monoisotopic (exact) mass is 409 g/mol. The number of rotatable bonds is 7. The van der Waals surface area contributed by atoms with Gasteiger partial charge < -0.3 is 10.4 Å². The van der Waals surface area contributed by atoms with E-state index in [9.17, 15) is 33.2 Å². The van der Waals surface area contributed by atoms with Crippen LogP contribution in [0.15, 0.2) is 53.6 Å². The summed E-state index contributed by atoms with van der Waals surface area (Å²) >= 11 is 0. The fourth-order valence-corrected chi connectivity index (χ4v) is 2.49.